The molecule has 0 atom stereocenters. The molecule has 0 bridgehead atoms. The molecule has 0 aliphatic carbocycles. The van der Waals surface area contributed by atoms with Gasteiger partial charge in [-0.05, 0) is 49.6 Å². The summed E-state index contributed by atoms with van der Waals surface area (Å²) in [6.45, 7) is 3.57. The number of ether oxygens (including phenoxy) is 1. The Morgan fingerprint density at radius 3 is 2.81 bits per heavy atom. The number of fused-ring (bicyclic) bond motifs is 1. The van der Waals surface area contributed by atoms with E-state index in [1.54, 1.807) is 11.3 Å². The van der Waals surface area contributed by atoms with Crippen molar-refractivity contribution in [1.82, 2.24) is 9.88 Å². The van der Waals surface area contributed by atoms with Crippen LogP contribution in [0.3, 0.4) is 0 Å². The number of aryl methyl sites for hydroxylation is 1. The second-order valence-electron chi connectivity index (χ2n) is 6.87. The highest BCUT2D eigenvalue weighted by molar-refractivity contribution is 7.18. The smallest absolute Gasteiger partial charge is 0.260 e. The second-order valence-corrected chi connectivity index (χ2v) is 8.37. The average molecular weight is 401 g/mol. The van der Waals surface area contributed by atoms with Gasteiger partial charge in [-0.1, -0.05) is 29.8 Å². The molecule has 1 aromatic heterocycles. The Morgan fingerprint density at radius 1 is 1.26 bits per heavy atom. The van der Waals surface area contributed by atoms with Crippen molar-refractivity contribution in [1.29, 1.82) is 0 Å². The molecule has 140 valence electrons. The Morgan fingerprint density at radius 2 is 2.04 bits per heavy atom. The number of piperidine rings is 1. The molecule has 0 saturated carbocycles. The number of likely N-dealkylation sites (tertiary alicyclic amines) is 1. The molecule has 1 saturated heterocycles. The fourth-order valence-electron chi connectivity index (χ4n) is 3.42. The van der Waals surface area contributed by atoms with Gasteiger partial charge in [0.25, 0.3) is 5.91 Å². The summed E-state index contributed by atoms with van der Waals surface area (Å²) in [5.74, 6) is 1.23. The molecule has 0 spiro atoms. The van der Waals surface area contributed by atoms with Crippen LogP contribution >= 0.6 is 22.9 Å². The average Bonchev–Trinajstić information content (AvgIpc) is 3.10. The lowest BCUT2D eigenvalue weighted by atomic mass is 9.97. The third-order valence-corrected chi connectivity index (χ3v) is 6.44. The highest BCUT2D eigenvalue weighted by Crippen LogP contribution is 2.34. The van der Waals surface area contributed by atoms with Gasteiger partial charge in [-0.15, -0.1) is 11.3 Å². The number of hydrogen-bond donors (Lipinski definition) is 0. The quantitative estimate of drug-likeness (QED) is 0.615. The first-order valence-electron chi connectivity index (χ1n) is 9.12. The Hall–Kier alpha value is -2.11. The number of rotatable bonds is 4. The van der Waals surface area contributed by atoms with E-state index < -0.39 is 0 Å². The van der Waals surface area contributed by atoms with Gasteiger partial charge >= 0.3 is 0 Å². The molecule has 2 heterocycles. The molecule has 1 aliphatic heterocycles. The van der Waals surface area contributed by atoms with E-state index in [1.165, 1.54) is 4.70 Å². The fraction of sp³-hybridized carbons (Fsp3) is 0.333. The number of carbonyl (C=O) groups is 1. The van der Waals surface area contributed by atoms with Crippen molar-refractivity contribution in [3.8, 4) is 5.75 Å². The van der Waals surface area contributed by atoms with Crippen LogP contribution in [0.2, 0.25) is 5.02 Å². The van der Waals surface area contributed by atoms with Crippen molar-refractivity contribution in [2.75, 3.05) is 19.7 Å². The van der Waals surface area contributed by atoms with E-state index in [0.29, 0.717) is 10.9 Å². The van der Waals surface area contributed by atoms with Crippen molar-refractivity contribution in [2.24, 2.45) is 0 Å². The monoisotopic (exact) mass is 400 g/mol. The molecular formula is C21H21ClN2O2S. The van der Waals surface area contributed by atoms with Crippen LogP contribution in [0.4, 0.5) is 0 Å². The molecule has 1 fully saturated rings. The predicted molar refractivity (Wildman–Crippen MR) is 110 cm³/mol. The summed E-state index contributed by atoms with van der Waals surface area (Å²) in [4.78, 5) is 19.1. The van der Waals surface area contributed by atoms with Gasteiger partial charge < -0.3 is 9.64 Å². The third-order valence-electron chi connectivity index (χ3n) is 5.01. The summed E-state index contributed by atoms with van der Waals surface area (Å²) in [5, 5.41) is 1.86. The zero-order valence-corrected chi connectivity index (χ0v) is 16.7. The van der Waals surface area contributed by atoms with Gasteiger partial charge in [0.05, 0.1) is 15.2 Å². The standard InChI is InChI=1S/C21H21ClN2O2S/c1-14-4-2-3-5-18(14)26-13-20(25)24-10-8-15(9-11-24)21-23-17-12-16(22)6-7-19(17)27-21/h2-7,12,15H,8-11,13H2,1H3. The number of para-hydroxylation sites is 1. The number of aromatic nitrogens is 1. The number of thiazole rings is 1. The number of nitrogens with zero attached hydrogens (tertiary/aromatic N) is 2. The molecule has 0 N–H and O–H groups in total. The number of benzene rings is 2. The first kappa shape index (κ1) is 18.3. The van der Waals surface area contributed by atoms with Gasteiger partial charge in [-0.2, -0.15) is 0 Å². The summed E-state index contributed by atoms with van der Waals surface area (Å²) in [5.41, 5.74) is 2.01. The van der Waals surface area contributed by atoms with Gasteiger partial charge in [-0.25, -0.2) is 4.98 Å². The van der Waals surface area contributed by atoms with Crippen LogP contribution in [0, 0.1) is 6.92 Å². The molecule has 4 nitrogen and oxygen atoms in total. The Labute approximate surface area is 167 Å². The van der Waals surface area contributed by atoms with Crippen molar-refractivity contribution in [2.45, 2.75) is 25.7 Å². The minimum atomic E-state index is 0.0489. The van der Waals surface area contributed by atoms with Crippen LogP contribution < -0.4 is 4.74 Å². The maximum atomic E-state index is 12.5. The molecule has 27 heavy (non-hydrogen) atoms. The molecule has 0 unspecified atom stereocenters. The van der Waals surface area contributed by atoms with Crippen LogP contribution in [0.25, 0.3) is 10.2 Å². The largest absolute Gasteiger partial charge is 0.484 e. The summed E-state index contributed by atoms with van der Waals surface area (Å²) in [7, 11) is 0. The van der Waals surface area contributed by atoms with Gasteiger partial charge in [0.15, 0.2) is 6.61 Å². The van der Waals surface area contributed by atoms with E-state index in [2.05, 4.69) is 0 Å². The molecule has 3 aromatic rings. The lowest BCUT2D eigenvalue weighted by molar-refractivity contribution is -0.134. The normalized spacial score (nSPS) is 15.3. The maximum Gasteiger partial charge on any atom is 0.260 e. The SMILES string of the molecule is Cc1ccccc1OCC(=O)N1CCC(c2nc3cc(Cl)ccc3s2)CC1. The minimum absolute atomic E-state index is 0.0489. The van der Waals surface area contributed by atoms with Gasteiger partial charge in [-0.3, -0.25) is 4.79 Å². The topological polar surface area (TPSA) is 42.4 Å². The third kappa shape index (κ3) is 4.09. The summed E-state index contributed by atoms with van der Waals surface area (Å²) in [6, 6.07) is 13.6. The molecule has 4 rings (SSSR count). The maximum absolute atomic E-state index is 12.5. The van der Waals surface area contributed by atoms with E-state index in [-0.39, 0.29) is 12.5 Å². The molecule has 6 heteroatoms. The Kier molecular flexibility index (Phi) is 5.32. The molecular weight excluding hydrogens is 380 g/mol. The molecule has 2 aromatic carbocycles. The lowest BCUT2D eigenvalue weighted by Gasteiger charge is -2.31. The van der Waals surface area contributed by atoms with Crippen LogP contribution in [0.5, 0.6) is 5.75 Å². The summed E-state index contributed by atoms with van der Waals surface area (Å²) >= 11 is 7.79. The number of amides is 1. The van der Waals surface area contributed by atoms with E-state index >= 15 is 0 Å². The zero-order valence-electron chi connectivity index (χ0n) is 15.2. The molecule has 0 radical (unpaired) electrons. The number of carbonyl (C=O) groups excluding carboxylic acids is 1. The van der Waals surface area contributed by atoms with Crippen molar-refractivity contribution < 1.29 is 9.53 Å². The van der Waals surface area contributed by atoms with Crippen molar-refractivity contribution in [3.05, 3.63) is 58.1 Å². The lowest BCUT2D eigenvalue weighted by Crippen LogP contribution is -2.40. The zero-order chi connectivity index (χ0) is 18.8. The first-order chi connectivity index (χ1) is 13.1. The number of hydrogen-bond acceptors (Lipinski definition) is 4. The molecule has 1 aliphatic rings. The Bertz CT molecular complexity index is 964. The second kappa shape index (κ2) is 7.87. The van der Waals surface area contributed by atoms with Gasteiger partial charge in [0.1, 0.15) is 5.75 Å². The Balaban J connectivity index is 1.34. The van der Waals surface area contributed by atoms with Crippen LogP contribution in [-0.2, 0) is 4.79 Å². The minimum Gasteiger partial charge on any atom is -0.484 e. The summed E-state index contributed by atoms with van der Waals surface area (Å²) < 4.78 is 6.87. The fourth-order valence-corrected chi connectivity index (χ4v) is 4.70. The highest BCUT2D eigenvalue weighted by Gasteiger charge is 2.26. The van der Waals surface area contributed by atoms with E-state index in [1.807, 2.05) is 54.3 Å². The van der Waals surface area contributed by atoms with Crippen LogP contribution in [-0.4, -0.2) is 35.5 Å². The van der Waals surface area contributed by atoms with E-state index in [0.717, 1.165) is 47.8 Å². The predicted octanol–water partition coefficient (Wildman–Crippen LogP) is 5.04. The van der Waals surface area contributed by atoms with Crippen LogP contribution in [0.15, 0.2) is 42.5 Å². The first-order valence-corrected chi connectivity index (χ1v) is 10.3. The van der Waals surface area contributed by atoms with Crippen molar-refractivity contribution in [3.63, 3.8) is 0 Å². The van der Waals surface area contributed by atoms with E-state index in [9.17, 15) is 4.79 Å². The highest BCUT2D eigenvalue weighted by atomic mass is 35.5. The van der Waals surface area contributed by atoms with Crippen LogP contribution in [0.1, 0.15) is 29.3 Å². The van der Waals surface area contributed by atoms with E-state index in [4.69, 9.17) is 21.3 Å². The van der Waals surface area contributed by atoms with Gasteiger partial charge in [0.2, 0.25) is 0 Å². The summed E-state index contributed by atoms with van der Waals surface area (Å²) in [6.07, 6.45) is 1.87. The molecule has 1 amide bonds. The number of halogens is 1. The van der Waals surface area contributed by atoms with Gasteiger partial charge in [0, 0.05) is 24.0 Å². The van der Waals surface area contributed by atoms with Crippen molar-refractivity contribution >= 4 is 39.1 Å².